The fourth-order valence-electron chi connectivity index (χ4n) is 1.16. The lowest BCUT2D eigenvalue weighted by Gasteiger charge is -1.94. The van der Waals surface area contributed by atoms with Crippen LogP contribution in [0.25, 0.3) is 6.08 Å². The highest BCUT2D eigenvalue weighted by Gasteiger charge is 2.03. The molecule has 0 amide bonds. The van der Waals surface area contributed by atoms with Gasteiger partial charge in [-0.15, -0.1) is 0 Å². The van der Waals surface area contributed by atoms with Crippen LogP contribution in [0.1, 0.15) is 5.56 Å². The van der Waals surface area contributed by atoms with Gasteiger partial charge in [-0.2, -0.15) is 0 Å². The van der Waals surface area contributed by atoms with E-state index in [0.29, 0.717) is 5.17 Å². The van der Waals surface area contributed by atoms with Gasteiger partial charge in [0, 0.05) is 11.8 Å². The molecule has 0 unspecified atom stereocenters. The highest BCUT2D eigenvalue weighted by atomic mass is 35.5. The third-order valence-corrected chi connectivity index (χ3v) is 2.12. The summed E-state index contributed by atoms with van der Waals surface area (Å²) in [5, 5.41) is 0.559. The van der Waals surface area contributed by atoms with Crippen molar-refractivity contribution < 1.29 is 0 Å². The molecule has 0 radical (unpaired) electrons. The topological polar surface area (TPSA) is 12.4 Å². The Morgan fingerprint density at radius 1 is 1.15 bits per heavy atom. The molecular formula is C11H8ClN. The van der Waals surface area contributed by atoms with Gasteiger partial charge in [-0.3, -0.25) is 0 Å². The molecule has 13 heavy (non-hydrogen) atoms. The van der Waals surface area contributed by atoms with E-state index < -0.39 is 0 Å². The standard InChI is InChI=1S/C11H8ClN/c12-11-10(6-7-13-11)8-9-4-2-1-3-5-9/h1-8H. The Balaban J connectivity index is 2.32. The monoisotopic (exact) mass is 189 g/mol. The number of hydrogen-bond donors (Lipinski definition) is 0. The number of hydrogen-bond acceptors (Lipinski definition) is 1. The van der Waals surface area contributed by atoms with E-state index >= 15 is 0 Å². The van der Waals surface area contributed by atoms with Crippen LogP contribution in [0.4, 0.5) is 0 Å². The van der Waals surface area contributed by atoms with Crippen LogP contribution in [-0.4, -0.2) is 5.17 Å². The Labute approximate surface area is 82.1 Å². The summed E-state index contributed by atoms with van der Waals surface area (Å²) in [7, 11) is 0. The van der Waals surface area contributed by atoms with Gasteiger partial charge in [-0.05, 0) is 17.7 Å². The Morgan fingerprint density at radius 2 is 1.92 bits per heavy atom. The van der Waals surface area contributed by atoms with Gasteiger partial charge in [0.1, 0.15) is 5.17 Å². The fourth-order valence-corrected chi connectivity index (χ4v) is 1.34. The van der Waals surface area contributed by atoms with Crippen molar-refractivity contribution in [3.05, 3.63) is 53.7 Å². The minimum atomic E-state index is 0.559. The molecule has 0 saturated carbocycles. The quantitative estimate of drug-likeness (QED) is 0.643. The zero-order chi connectivity index (χ0) is 9.10. The van der Waals surface area contributed by atoms with Crippen molar-refractivity contribution in [2.45, 2.75) is 0 Å². The maximum Gasteiger partial charge on any atom is 0.136 e. The third-order valence-electron chi connectivity index (χ3n) is 1.80. The van der Waals surface area contributed by atoms with Crippen molar-refractivity contribution in [1.29, 1.82) is 0 Å². The Bertz CT molecular complexity index is 388. The lowest BCUT2D eigenvalue weighted by Crippen LogP contribution is -1.84. The molecule has 0 spiro atoms. The highest BCUT2D eigenvalue weighted by molar-refractivity contribution is 6.70. The largest absolute Gasteiger partial charge is 0.244 e. The third kappa shape index (κ3) is 1.87. The van der Waals surface area contributed by atoms with E-state index in [9.17, 15) is 0 Å². The molecule has 1 aromatic carbocycles. The number of benzene rings is 1. The van der Waals surface area contributed by atoms with Gasteiger partial charge in [0.2, 0.25) is 0 Å². The summed E-state index contributed by atoms with van der Waals surface area (Å²) in [4.78, 5) is 3.95. The van der Waals surface area contributed by atoms with E-state index in [1.165, 1.54) is 0 Å². The summed E-state index contributed by atoms with van der Waals surface area (Å²) in [5.74, 6) is 0. The molecule has 1 nitrogen and oxygen atoms in total. The summed E-state index contributed by atoms with van der Waals surface area (Å²) >= 11 is 5.85. The van der Waals surface area contributed by atoms with Crippen molar-refractivity contribution in [2.75, 3.05) is 0 Å². The number of rotatable bonds is 1. The number of halogens is 1. The summed E-state index contributed by atoms with van der Waals surface area (Å²) in [5.41, 5.74) is 2.10. The van der Waals surface area contributed by atoms with Crippen LogP contribution in [0, 0.1) is 0 Å². The van der Waals surface area contributed by atoms with Gasteiger partial charge in [-0.1, -0.05) is 41.9 Å². The SMILES string of the molecule is ClC1=NC=CC1=Cc1ccccc1. The van der Waals surface area contributed by atoms with Crippen molar-refractivity contribution >= 4 is 22.8 Å². The predicted molar refractivity (Wildman–Crippen MR) is 56.8 cm³/mol. The first-order valence-electron chi connectivity index (χ1n) is 4.03. The van der Waals surface area contributed by atoms with Gasteiger partial charge >= 0.3 is 0 Å². The van der Waals surface area contributed by atoms with Crippen molar-refractivity contribution in [3.8, 4) is 0 Å². The lowest BCUT2D eigenvalue weighted by molar-refractivity contribution is 1.64. The average molecular weight is 190 g/mol. The van der Waals surface area contributed by atoms with Crippen LogP contribution in [-0.2, 0) is 0 Å². The maximum absolute atomic E-state index is 5.85. The fraction of sp³-hybridized carbons (Fsp3) is 0. The molecule has 0 fully saturated rings. The molecule has 2 rings (SSSR count). The summed E-state index contributed by atoms with van der Waals surface area (Å²) < 4.78 is 0. The van der Waals surface area contributed by atoms with Gasteiger partial charge in [0.25, 0.3) is 0 Å². The normalized spacial score (nSPS) is 17.9. The molecule has 0 aromatic heterocycles. The van der Waals surface area contributed by atoms with Gasteiger partial charge < -0.3 is 0 Å². The Morgan fingerprint density at radius 3 is 2.54 bits per heavy atom. The second-order valence-electron chi connectivity index (χ2n) is 2.75. The van der Waals surface area contributed by atoms with Crippen molar-refractivity contribution in [3.63, 3.8) is 0 Å². The van der Waals surface area contributed by atoms with Crippen LogP contribution >= 0.6 is 11.6 Å². The number of nitrogens with zero attached hydrogens (tertiary/aromatic N) is 1. The summed E-state index contributed by atoms with van der Waals surface area (Å²) in [6.07, 6.45) is 5.61. The molecule has 1 aromatic rings. The van der Waals surface area contributed by atoms with Crippen LogP contribution in [0.5, 0.6) is 0 Å². The molecular weight excluding hydrogens is 182 g/mol. The first kappa shape index (κ1) is 8.27. The van der Waals surface area contributed by atoms with Crippen LogP contribution in [0.15, 0.2) is 53.2 Å². The summed E-state index contributed by atoms with van der Waals surface area (Å²) in [6.45, 7) is 0. The van der Waals surface area contributed by atoms with Crippen LogP contribution < -0.4 is 0 Å². The van der Waals surface area contributed by atoms with Crippen LogP contribution in [0.2, 0.25) is 0 Å². The highest BCUT2D eigenvalue weighted by Crippen LogP contribution is 2.16. The van der Waals surface area contributed by atoms with Gasteiger partial charge in [-0.25, -0.2) is 4.99 Å². The maximum atomic E-state index is 5.85. The van der Waals surface area contributed by atoms with E-state index in [2.05, 4.69) is 4.99 Å². The van der Waals surface area contributed by atoms with Gasteiger partial charge in [0.05, 0.1) is 0 Å². The Hall–Kier alpha value is -1.34. The second-order valence-corrected chi connectivity index (χ2v) is 3.10. The number of allylic oxidation sites excluding steroid dienone is 2. The zero-order valence-corrected chi connectivity index (χ0v) is 7.70. The van der Waals surface area contributed by atoms with Crippen molar-refractivity contribution in [2.24, 2.45) is 4.99 Å². The minimum Gasteiger partial charge on any atom is -0.244 e. The Kier molecular flexibility index (Phi) is 2.28. The molecule has 1 aliphatic rings. The van der Waals surface area contributed by atoms with E-state index in [-0.39, 0.29) is 0 Å². The van der Waals surface area contributed by atoms with Crippen molar-refractivity contribution in [1.82, 2.24) is 0 Å². The molecule has 64 valence electrons. The smallest absolute Gasteiger partial charge is 0.136 e. The average Bonchev–Trinajstić information content (AvgIpc) is 2.54. The molecule has 0 aliphatic carbocycles. The molecule has 0 bridgehead atoms. The first-order chi connectivity index (χ1) is 6.36. The molecule has 1 heterocycles. The number of aliphatic imine (C=N–C) groups is 1. The minimum absolute atomic E-state index is 0.559. The molecule has 1 aliphatic heterocycles. The van der Waals surface area contributed by atoms with Gasteiger partial charge in [0.15, 0.2) is 0 Å². The lowest BCUT2D eigenvalue weighted by atomic mass is 10.1. The molecule has 0 atom stereocenters. The molecule has 0 N–H and O–H groups in total. The second kappa shape index (κ2) is 3.58. The summed E-state index contributed by atoms with van der Waals surface area (Å²) in [6, 6.07) is 10.0. The predicted octanol–water partition coefficient (Wildman–Crippen LogP) is 3.23. The molecule has 0 saturated heterocycles. The van der Waals surface area contributed by atoms with E-state index in [4.69, 9.17) is 11.6 Å². The van der Waals surface area contributed by atoms with E-state index in [0.717, 1.165) is 11.1 Å². The van der Waals surface area contributed by atoms with E-state index in [1.807, 2.05) is 42.5 Å². The molecule has 2 heteroatoms. The van der Waals surface area contributed by atoms with E-state index in [1.54, 1.807) is 6.20 Å². The first-order valence-corrected chi connectivity index (χ1v) is 4.41. The van der Waals surface area contributed by atoms with Crippen LogP contribution in [0.3, 0.4) is 0 Å². The zero-order valence-electron chi connectivity index (χ0n) is 6.94.